The molecule has 0 rings (SSSR count). The van der Waals surface area contributed by atoms with Crippen LogP contribution >= 0.6 is 0 Å². The summed E-state index contributed by atoms with van der Waals surface area (Å²) in [6, 6.07) is 0.344. The first-order chi connectivity index (χ1) is 4.46. The molecule has 0 aliphatic rings. The summed E-state index contributed by atoms with van der Waals surface area (Å²) in [5.41, 5.74) is 0.579. The molecule has 0 saturated heterocycles. The second-order valence-corrected chi connectivity index (χ2v) is 2.71. The highest BCUT2D eigenvalue weighted by Gasteiger charge is 2.08. The van der Waals surface area contributed by atoms with Crippen LogP contribution in [0, 0.1) is 0 Å². The predicted octanol–water partition coefficient (Wildman–Crippen LogP) is 1.43. The second-order valence-electron chi connectivity index (χ2n) is 2.71. The zero-order valence-corrected chi connectivity index (χ0v) is 7.14. The Morgan fingerprint density at radius 3 is 2.00 bits per heavy atom. The second kappa shape index (κ2) is 3.40. The molecule has 0 N–H and O–H groups in total. The van der Waals surface area contributed by atoms with Gasteiger partial charge < -0.3 is 4.90 Å². The topological polar surface area (TPSA) is 20.3 Å². The number of allylic oxidation sites excluding steroid dienone is 1. The predicted molar refractivity (Wildman–Crippen MR) is 42.7 cm³/mol. The lowest BCUT2D eigenvalue weighted by Crippen LogP contribution is -2.28. The van der Waals surface area contributed by atoms with Gasteiger partial charge in [0.05, 0.1) is 5.70 Å². The van der Waals surface area contributed by atoms with Gasteiger partial charge in [-0.25, -0.2) is 0 Å². The Labute approximate surface area is 62.5 Å². The fraction of sp³-hybridized carbons (Fsp3) is 0.625. The van der Waals surface area contributed by atoms with Crippen LogP contribution in [0.5, 0.6) is 0 Å². The Hall–Kier alpha value is -0.790. The van der Waals surface area contributed by atoms with Crippen LogP contribution in [0.2, 0.25) is 0 Å². The first-order valence-corrected chi connectivity index (χ1v) is 3.39. The summed E-state index contributed by atoms with van der Waals surface area (Å²) in [6.07, 6.45) is 0. The number of ketones is 1. The highest BCUT2D eigenvalue weighted by molar-refractivity contribution is 5.91. The summed E-state index contributed by atoms with van der Waals surface area (Å²) >= 11 is 0. The normalized spacial score (nSPS) is 9.70. The van der Waals surface area contributed by atoms with E-state index in [9.17, 15) is 4.79 Å². The van der Waals surface area contributed by atoms with E-state index in [4.69, 9.17) is 0 Å². The molecule has 0 aromatic heterocycles. The molecule has 0 amide bonds. The number of rotatable bonds is 3. The monoisotopic (exact) mass is 141 g/mol. The van der Waals surface area contributed by atoms with Crippen molar-refractivity contribution in [2.75, 3.05) is 7.05 Å². The number of carbonyl (C=O) groups is 1. The lowest BCUT2D eigenvalue weighted by molar-refractivity contribution is -0.115. The van der Waals surface area contributed by atoms with Crippen molar-refractivity contribution in [3.05, 3.63) is 12.3 Å². The van der Waals surface area contributed by atoms with E-state index in [2.05, 4.69) is 6.58 Å². The molecule has 0 aliphatic heterocycles. The SMILES string of the molecule is C=C(C(C)=O)N(C)C(C)C. The lowest BCUT2D eigenvalue weighted by atomic mass is 10.2. The Balaban J connectivity index is 4.08. The Morgan fingerprint density at radius 1 is 1.50 bits per heavy atom. The van der Waals surface area contributed by atoms with Crippen molar-refractivity contribution in [3.63, 3.8) is 0 Å². The van der Waals surface area contributed by atoms with Crippen molar-refractivity contribution in [3.8, 4) is 0 Å². The van der Waals surface area contributed by atoms with Crippen LogP contribution in [-0.4, -0.2) is 23.8 Å². The molecular weight excluding hydrogens is 126 g/mol. The van der Waals surface area contributed by atoms with Gasteiger partial charge in [-0.2, -0.15) is 0 Å². The largest absolute Gasteiger partial charge is 0.370 e. The molecule has 2 heteroatoms. The maximum absolute atomic E-state index is 10.7. The molecular formula is C8H15NO. The van der Waals surface area contributed by atoms with E-state index in [1.54, 1.807) is 0 Å². The van der Waals surface area contributed by atoms with E-state index < -0.39 is 0 Å². The Kier molecular flexibility index (Phi) is 3.13. The molecule has 58 valence electrons. The van der Waals surface area contributed by atoms with Gasteiger partial charge in [-0.15, -0.1) is 0 Å². The molecule has 0 fully saturated rings. The molecule has 0 radical (unpaired) electrons. The maximum Gasteiger partial charge on any atom is 0.175 e. The number of hydrogen-bond donors (Lipinski definition) is 0. The molecule has 0 atom stereocenters. The molecule has 0 aliphatic carbocycles. The summed E-state index contributed by atoms with van der Waals surface area (Å²) in [5, 5.41) is 0. The highest BCUT2D eigenvalue weighted by atomic mass is 16.1. The van der Waals surface area contributed by atoms with Gasteiger partial charge >= 0.3 is 0 Å². The van der Waals surface area contributed by atoms with Crippen molar-refractivity contribution in [1.82, 2.24) is 4.90 Å². The third-order valence-electron chi connectivity index (χ3n) is 1.61. The third-order valence-corrected chi connectivity index (χ3v) is 1.61. The van der Waals surface area contributed by atoms with E-state index in [-0.39, 0.29) is 5.78 Å². The molecule has 0 spiro atoms. The quantitative estimate of drug-likeness (QED) is 0.554. The van der Waals surface area contributed by atoms with Crippen LogP contribution < -0.4 is 0 Å². The maximum atomic E-state index is 10.7. The molecule has 2 nitrogen and oxygen atoms in total. The molecule has 10 heavy (non-hydrogen) atoms. The first kappa shape index (κ1) is 9.21. The van der Waals surface area contributed by atoms with Crippen molar-refractivity contribution in [1.29, 1.82) is 0 Å². The van der Waals surface area contributed by atoms with Gasteiger partial charge in [0.15, 0.2) is 5.78 Å². The average molecular weight is 141 g/mol. The average Bonchev–Trinajstić information content (AvgIpc) is 1.84. The number of Topliss-reactive ketones (excluding diaryl/α,β-unsaturated/α-hetero) is 1. The molecule has 0 saturated carbocycles. The molecule has 0 unspecified atom stereocenters. The van der Waals surface area contributed by atoms with Crippen molar-refractivity contribution >= 4 is 5.78 Å². The number of hydrogen-bond acceptors (Lipinski definition) is 2. The molecule has 0 heterocycles. The molecule has 0 bridgehead atoms. The number of likely N-dealkylation sites (N-methyl/N-ethyl adjacent to an activating group) is 1. The minimum absolute atomic E-state index is 0.0381. The minimum atomic E-state index is 0.0381. The minimum Gasteiger partial charge on any atom is -0.370 e. The summed E-state index contributed by atoms with van der Waals surface area (Å²) in [4.78, 5) is 12.6. The standard InChI is InChI=1S/C8H15NO/c1-6(2)9(5)7(3)8(4)10/h6H,3H2,1-2,4-5H3. The summed E-state index contributed by atoms with van der Waals surface area (Å²) in [5.74, 6) is 0.0381. The first-order valence-electron chi connectivity index (χ1n) is 3.39. The number of carbonyl (C=O) groups excluding carboxylic acids is 1. The van der Waals surface area contributed by atoms with Crippen LogP contribution in [0.15, 0.2) is 12.3 Å². The van der Waals surface area contributed by atoms with Crippen LogP contribution in [0.1, 0.15) is 20.8 Å². The van der Waals surface area contributed by atoms with Crippen molar-refractivity contribution in [2.24, 2.45) is 0 Å². The fourth-order valence-corrected chi connectivity index (χ4v) is 0.560. The van der Waals surface area contributed by atoms with Gasteiger partial charge in [-0.1, -0.05) is 6.58 Å². The van der Waals surface area contributed by atoms with Gasteiger partial charge in [-0.3, -0.25) is 4.79 Å². The summed E-state index contributed by atoms with van der Waals surface area (Å²) < 4.78 is 0. The summed E-state index contributed by atoms with van der Waals surface area (Å²) in [6.45, 7) is 9.22. The van der Waals surface area contributed by atoms with Crippen molar-refractivity contribution < 1.29 is 4.79 Å². The zero-order chi connectivity index (χ0) is 8.31. The van der Waals surface area contributed by atoms with Crippen LogP contribution in [0.3, 0.4) is 0 Å². The van der Waals surface area contributed by atoms with Gasteiger partial charge in [-0.05, 0) is 13.8 Å². The van der Waals surface area contributed by atoms with Crippen LogP contribution in [0.25, 0.3) is 0 Å². The smallest absolute Gasteiger partial charge is 0.175 e. The lowest BCUT2D eigenvalue weighted by Gasteiger charge is -2.23. The van der Waals surface area contributed by atoms with Gasteiger partial charge in [0.1, 0.15) is 0 Å². The van der Waals surface area contributed by atoms with Gasteiger partial charge in [0.25, 0.3) is 0 Å². The third kappa shape index (κ3) is 2.21. The summed E-state index contributed by atoms with van der Waals surface area (Å²) in [7, 11) is 1.87. The molecule has 0 aromatic carbocycles. The van der Waals surface area contributed by atoms with E-state index in [1.165, 1.54) is 6.92 Å². The van der Waals surface area contributed by atoms with Crippen LogP contribution in [-0.2, 0) is 4.79 Å². The van der Waals surface area contributed by atoms with Gasteiger partial charge in [0, 0.05) is 20.0 Å². The Bertz CT molecular complexity index is 149. The Morgan fingerprint density at radius 2 is 1.90 bits per heavy atom. The van der Waals surface area contributed by atoms with Gasteiger partial charge in [0.2, 0.25) is 0 Å². The highest BCUT2D eigenvalue weighted by Crippen LogP contribution is 2.03. The zero-order valence-electron chi connectivity index (χ0n) is 7.14. The molecule has 0 aromatic rings. The van der Waals surface area contributed by atoms with E-state index in [1.807, 2.05) is 25.8 Å². The van der Waals surface area contributed by atoms with E-state index in [0.29, 0.717) is 11.7 Å². The van der Waals surface area contributed by atoms with E-state index in [0.717, 1.165) is 0 Å². The van der Waals surface area contributed by atoms with Crippen LogP contribution in [0.4, 0.5) is 0 Å². The van der Waals surface area contributed by atoms with E-state index >= 15 is 0 Å². The van der Waals surface area contributed by atoms with Crippen molar-refractivity contribution in [2.45, 2.75) is 26.8 Å². The number of nitrogens with zero attached hydrogens (tertiary/aromatic N) is 1. The fourth-order valence-electron chi connectivity index (χ4n) is 0.560.